The zero-order chi connectivity index (χ0) is 14.6. The van der Waals surface area contributed by atoms with Crippen LogP contribution < -0.4 is 5.73 Å². The largest absolute Gasteiger partial charge is 0.326 e. The first kappa shape index (κ1) is 16.4. The Morgan fingerprint density at radius 1 is 1.37 bits per heavy atom. The minimum Gasteiger partial charge on any atom is -0.326 e. The summed E-state index contributed by atoms with van der Waals surface area (Å²) in [6, 6.07) is 4.74. The summed E-state index contributed by atoms with van der Waals surface area (Å²) < 4.78 is 26.7. The van der Waals surface area contributed by atoms with Crippen molar-refractivity contribution in [1.29, 1.82) is 0 Å². The van der Waals surface area contributed by atoms with Crippen LogP contribution in [0.2, 0.25) is 5.02 Å². The minimum absolute atomic E-state index is 0.102. The molecule has 6 heteroatoms. The number of nitrogens with two attached hydrogens (primary N) is 1. The Bertz CT molecular complexity index is 529. The van der Waals surface area contributed by atoms with Crippen LogP contribution in [-0.2, 0) is 16.6 Å². The van der Waals surface area contributed by atoms with E-state index in [0.29, 0.717) is 13.1 Å². The van der Waals surface area contributed by atoms with Gasteiger partial charge in [-0.15, -0.1) is 0 Å². The van der Waals surface area contributed by atoms with E-state index >= 15 is 0 Å². The fraction of sp³-hybridized carbons (Fsp3) is 0.538. The van der Waals surface area contributed by atoms with Crippen molar-refractivity contribution in [3.05, 3.63) is 28.8 Å². The van der Waals surface area contributed by atoms with Gasteiger partial charge in [0.1, 0.15) is 4.90 Å². The highest BCUT2D eigenvalue weighted by molar-refractivity contribution is 7.89. The molecule has 0 amide bonds. The van der Waals surface area contributed by atoms with Crippen LogP contribution in [0.25, 0.3) is 0 Å². The topological polar surface area (TPSA) is 63.4 Å². The third-order valence-electron chi connectivity index (χ3n) is 2.84. The Kier molecular flexibility index (Phi) is 5.80. The van der Waals surface area contributed by atoms with Gasteiger partial charge in [0.15, 0.2) is 0 Å². The summed E-state index contributed by atoms with van der Waals surface area (Å²) in [4.78, 5) is 0.147. The molecule has 1 aromatic carbocycles. The predicted molar refractivity (Wildman–Crippen MR) is 78.7 cm³/mol. The van der Waals surface area contributed by atoms with Crippen molar-refractivity contribution < 1.29 is 8.42 Å². The van der Waals surface area contributed by atoms with E-state index in [1.165, 1.54) is 10.4 Å². The van der Waals surface area contributed by atoms with E-state index in [0.717, 1.165) is 12.0 Å². The van der Waals surface area contributed by atoms with Gasteiger partial charge in [-0.1, -0.05) is 24.6 Å². The molecule has 0 fully saturated rings. The standard InChI is InChI=1S/C13H21ClN2O2S/c1-4-7-16(10(2)3)19(17,18)13-6-5-11(9-15)8-12(13)14/h5-6,8,10H,4,7,9,15H2,1-3H3. The Morgan fingerprint density at radius 3 is 2.42 bits per heavy atom. The molecular weight excluding hydrogens is 284 g/mol. The summed E-state index contributed by atoms with van der Waals surface area (Å²) in [6.07, 6.45) is 0.760. The van der Waals surface area contributed by atoms with Crippen molar-refractivity contribution in [2.24, 2.45) is 5.73 Å². The monoisotopic (exact) mass is 304 g/mol. The predicted octanol–water partition coefficient (Wildman–Crippen LogP) is 2.61. The zero-order valence-electron chi connectivity index (χ0n) is 11.6. The highest BCUT2D eigenvalue weighted by Crippen LogP contribution is 2.27. The van der Waals surface area contributed by atoms with E-state index in [9.17, 15) is 8.42 Å². The molecule has 0 atom stereocenters. The Balaban J connectivity index is 3.25. The number of rotatable bonds is 6. The summed E-state index contributed by atoms with van der Waals surface area (Å²) in [5.74, 6) is 0. The van der Waals surface area contributed by atoms with Crippen LogP contribution in [0.3, 0.4) is 0 Å². The lowest BCUT2D eigenvalue weighted by atomic mass is 10.2. The van der Waals surface area contributed by atoms with Gasteiger partial charge in [0.25, 0.3) is 0 Å². The van der Waals surface area contributed by atoms with Gasteiger partial charge >= 0.3 is 0 Å². The van der Waals surface area contributed by atoms with Crippen LogP contribution in [-0.4, -0.2) is 25.3 Å². The third-order valence-corrected chi connectivity index (χ3v) is 5.40. The summed E-state index contributed by atoms with van der Waals surface area (Å²) in [5.41, 5.74) is 6.33. The van der Waals surface area contributed by atoms with Crippen molar-refractivity contribution in [3.63, 3.8) is 0 Å². The molecule has 0 bridgehead atoms. The molecule has 1 rings (SSSR count). The molecule has 108 valence electrons. The van der Waals surface area contributed by atoms with Crippen molar-refractivity contribution in [2.45, 2.75) is 44.7 Å². The molecular formula is C13H21ClN2O2S. The summed E-state index contributed by atoms with van der Waals surface area (Å²) in [7, 11) is -3.56. The van der Waals surface area contributed by atoms with Crippen molar-refractivity contribution >= 4 is 21.6 Å². The second kappa shape index (κ2) is 6.70. The zero-order valence-corrected chi connectivity index (χ0v) is 13.1. The van der Waals surface area contributed by atoms with Gasteiger partial charge in [0, 0.05) is 19.1 Å². The van der Waals surface area contributed by atoms with Gasteiger partial charge in [0.2, 0.25) is 10.0 Å². The molecule has 0 aliphatic heterocycles. The maximum atomic E-state index is 12.6. The van der Waals surface area contributed by atoms with Gasteiger partial charge in [0.05, 0.1) is 5.02 Å². The highest BCUT2D eigenvalue weighted by Gasteiger charge is 2.28. The number of nitrogens with zero attached hydrogens (tertiary/aromatic N) is 1. The smallest absolute Gasteiger partial charge is 0.244 e. The second-order valence-electron chi connectivity index (χ2n) is 4.68. The Labute approximate surface area is 120 Å². The van der Waals surface area contributed by atoms with E-state index in [1.807, 2.05) is 20.8 Å². The quantitative estimate of drug-likeness (QED) is 0.878. The van der Waals surface area contributed by atoms with Crippen molar-refractivity contribution in [3.8, 4) is 0 Å². The van der Waals surface area contributed by atoms with E-state index in [1.54, 1.807) is 12.1 Å². The van der Waals surface area contributed by atoms with Gasteiger partial charge in [-0.2, -0.15) is 4.31 Å². The molecule has 0 spiro atoms. The highest BCUT2D eigenvalue weighted by atomic mass is 35.5. The summed E-state index contributed by atoms with van der Waals surface area (Å²) in [5, 5.41) is 0.227. The fourth-order valence-electron chi connectivity index (χ4n) is 1.88. The lowest BCUT2D eigenvalue weighted by molar-refractivity contribution is 0.354. The molecule has 0 aromatic heterocycles. The number of sulfonamides is 1. The van der Waals surface area contributed by atoms with E-state index in [2.05, 4.69) is 0 Å². The fourth-order valence-corrected chi connectivity index (χ4v) is 4.15. The van der Waals surface area contributed by atoms with Crippen LogP contribution in [0.4, 0.5) is 0 Å². The van der Waals surface area contributed by atoms with Crippen LogP contribution >= 0.6 is 11.6 Å². The number of halogens is 1. The van der Waals surface area contributed by atoms with Crippen LogP contribution in [0.1, 0.15) is 32.8 Å². The Hall–Kier alpha value is -0.620. The molecule has 0 saturated heterocycles. The minimum atomic E-state index is -3.56. The van der Waals surface area contributed by atoms with Gasteiger partial charge in [-0.05, 0) is 38.0 Å². The molecule has 19 heavy (non-hydrogen) atoms. The van der Waals surface area contributed by atoms with Crippen molar-refractivity contribution in [1.82, 2.24) is 4.31 Å². The van der Waals surface area contributed by atoms with E-state index in [-0.39, 0.29) is 16.0 Å². The molecule has 4 nitrogen and oxygen atoms in total. The normalized spacial score (nSPS) is 12.4. The molecule has 0 heterocycles. The third kappa shape index (κ3) is 3.69. The number of benzene rings is 1. The summed E-state index contributed by atoms with van der Waals surface area (Å²) in [6.45, 7) is 6.48. The van der Waals surface area contributed by atoms with Gasteiger partial charge < -0.3 is 5.73 Å². The number of hydrogen-bond acceptors (Lipinski definition) is 3. The maximum Gasteiger partial charge on any atom is 0.244 e. The average molecular weight is 305 g/mol. The van der Waals surface area contributed by atoms with Crippen LogP contribution in [0.15, 0.2) is 23.1 Å². The Morgan fingerprint density at radius 2 is 2.00 bits per heavy atom. The lowest BCUT2D eigenvalue weighted by Crippen LogP contribution is -2.37. The average Bonchev–Trinajstić information content (AvgIpc) is 2.34. The van der Waals surface area contributed by atoms with E-state index < -0.39 is 10.0 Å². The first-order valence-electron chi connectivity index (χ1n) is 6.35. The molecule has 2 N–H and O–H groups in total. The lowest BCUT2D eigenvalue weighted by Gasteiger charge is -2.26. The van der Waals surface area contributed by atoms with Crippen LogP contribution in [0, 0.1) is 0 Å². The van der Waals surface area contributed by atoms with Crippen molar-refractivity contribution in [2.75, 3.05) is 6.54 Å². The maximum absolute atomic E-state index is 12.6. The van der Waals surface area contributed by atoms with Gasteiger partial charge in [-0.3, -0.25) is 0 Å². The molecule has 0 radical (unpaired) electrons. The summed E-state index contributed by atoms with van der Waals surface area (Å²) >= 11 is 6.08. The molecule has 0 aliphatic carbocycles. The van der Waals surface area contributed by atoms with Crippen LogP contribution in [0.5, 0.6) is 0 Å². The molecule has 0 saturated carbocycles. The first-order chi connectivity index (χ1) is 8.84. The van der Waals surface area contributed by atoms with Gasteiger partial charge in [-0.25, -0.2) is 8.42 Å². The molecule has 0 unspecified atom stereocenters. The molecule has 1 aromatic rings. The van der Waals surface area contributed by atoms with E-state index in [4.69, 9.17) is 17.3 Å². The SMILES string of the molecule is CCCN(C(C)C)S(=O)(=O)c1ccc(CN)cc1Cl. The first-order valence-corrected chi connectivity index (χ1v) is 8.16. The second-order valence-corrected chi connectivity index (χ2v) is 6.94. The molecule has 0 aliphatic rings. The number of hydrogen-bond donors (Lipinski definition) is 1.